The third kappa shape index (κ3) is 2.92. The predicted octanol–water partition coefficient (Wildman–Crippen LogP) is 2.44. The summed E-state index contributed by atoms with van der Waals surface area (Å²) in [5.41, 5.74) is 0.682. The summed E-state index contributed by atoms with van der Waals surface area (Å²) in [5, 5.41) is 0. The molecule has 1 aromatic heterocycles. The molecular weight excluding hydrogens is 327 g/mol. The molecule has 3 fully saturated rings. The van der Waals surface area contributed by atoms with Gasteiger partial charge in [0.1, 0.15) is 5.69 Å². The summed E-state index contributed by atoms with van der Waals surface area (Å²) in [6, 6.07) is 4.88. The largest absolute Gasteiger partial charge is 0.496 e. The van der Waals surface area contributed by atoms with Crippen molar-refractivity contribution in [2.75, 3.05) is 7.05 Å². The molecule has 2 bridgehead atoms. The lowest BCUT2D eigenvalue weighted by Crippen LogP contribution is -2.42. The van der Waals surface area contributed by atoms with Gasteiger partial charge in [-0.1, -0.05) is 6.07 Å². The summed E-state index contributed by atoms with van der Waals surface area (Å²) >= 11 is 0. The Morgan fingerprint density at radius 2 is 1.69 bits per heavy atom. The van der Waals surface area contributed by atoms with Gasteiger partial charge in [-0.3, -0.25) is 9.78 Å². The van der Waals surface area contributed by atoms with Crippen LogP contribution in [0.5, 0.6) is 0 Å². The number of hydrogen-bond donors (Lipinski definition) is 0. The van der Waals surface area contributed by atoms with Crippen molar-refractivity contribution < 1.29 is 14.1 Å². The highest BCUT2D eigenvalue weighted by molar-refractivity contribution is 6.62. The van der Waals surface area contributed by atoms with Crippen LogP contribution in [0.1, 0.15) is 63.9 Å². The van der Waals surface area contributed by atoms with Crippen LogP contribution in [0.2, 0.25) is 0 Å². The molecule has 6 heteroatoms. The third-order valence-corrected chi connectivity index (χ3v) is 7.03. The van der Waals surface area contributed by atoms with Crippen LogP contribution in [0.25, 0.3) is 0 Å². The molecule has 140 valence electrons. The van der Waals surface area contributed by atoms with Gasteiger partial charge in [-0.2, -0.15) is 0 Å². The van der Waals surface area contributed by atoms with E-state index in [9.17, 15) is 4.79 Å². The van der Waals surface area contributed by atoms with Crippen molar-refractivity contribution in [3.05, 3.63) is 24.0 Å². The SMILES string of the molecule is CN1C2CCC1CC(C(=O)c1ccc(B3OC(C)(C)C(C)(C)O3)cn1)C2. The first kappa shape index (κ1) is 18.1. The van der Waals surface area contributed by atoms with Gasteiger partial charge in [0.15, 0.2) is 5.78 Å². The molecule has 4 heterocycles. The van der Waals surface area contributed by atoms with Crippen molar-refractivity contribution in [1.29, 1.82) is 0 Å². The number of aromatic nitrogens is 1. The Hall–Kier alpha value is -1.24. The smallest absolute Gasteiger partial charge is 0.399 e. The Morgan fingerprint density at radius 3 is 2.19 bits per heavy atom. The monoisotopic (exact) mass is 356 g/mol. The van der Waals surface area contributed by atoms with Crippen molar-refractivity contribution in [1.82, 2.24) is 9.88 Å². The minimum Gasteiger partial charge on any atom is -0.399 e. The van der Waals surface area contributed by atoms with Gasteiger partial charge in [0.2, 0.25) is 0 Å². The van der Waals surface area contributed by atoms with Crippen LogP contribution in [0, 0.1) is 5.92 Å². The van der Waals surface area contributed by atoms with Gasteiger partial charge in [0.25, 0.3) is 0 Å². The molecular formula is C20H29BN2O3. The zero-order valence-corrected chi connectivity index (χ0v) is 16.5. The lowest BCUT2D eigenvalue weighted by atomic mass is 9.80. The molecule has 0 saturated carbocycles. The summed E-state index contributed by atoms with van der Waals surface area (Å²) in [5.74, 6) is 0.300. The number of pyridine rings is 1. The van der Waals surface area contributed by atoms with Crippen molar-refractivity contribution in [3.8, 4) is 0 Å². The van der Waals surface area contributed by atoms with Crippen molar-refractivity contribution in [3.63, 3.8) is 0 Å². The van der Waals surface area contributed by atoms with E-state index in [1.54, 1.807) is 6.20 Å². The van der Waals surface area contributed by atoms with Crippen molar-refractivity contribution >= 4 is 18.4 Å². The molecule has 0 aliphatic carbocycles. The second-order valence-electron chi connectivity index (χ2n) is 9.15. The van der Waals surface area contributed by atoms with E-state index >= 15 is 0 Å². The summed E-state index contributed by atoms with van der Waals surface area (Å²) in [6.45, 7) is 8.14. The van der Waals surface area contributed by atoms with E-state index in [0.29, 0.717) is 17.8 Å². The van der Waals surface area contributed by atoms with Gasteiger partial charge in [-0.15, -0.1) is 0 Å². The maximum Gasteiger partial charge on any atom is 0.496 e. The molecule has 2 atom stereocenters. The first-order valence-electron chi connectivity index (χ1n) is 9.76. The standard InChI is InChI=1S/C20H29BN2O3/c1-19(2)20(3,4)26-21(25-19)14-6-9-17(22-12-14)18(24)13-10-15-7-8-16(11-13)23(15)5/h6,9,12-13,15-16H,7-8,10-11H2,1-5H3. The lowest BCUT2D eigenvalue weighted by Gasteiger charge is -2.35. The molecule has 2 unspecified atom stereocenters. The van der Waals surface area contributed by atoms with Gasteiger partial charge >= 0.3 is 7.12 Å². The van der Waals surface area contributed by atoms with E-state index in [1.807, 2.05) is 39.8 Å². The van der Waals surface area contributed by atoms with Crippen LogP contribution in [-0.4, -0.2) is 53.1 Å². The predicted molar refractivity (Wildman–Crippen MR) is 102 cm³/mol. The number of ketones is 1. The average molecular weight is 356 g/mol. The first-order chi connectivity index (χ1) is 12.2. The molecule has 26 heavy (non-hydrogen) atoms. The zero-order valence-electron chi connectivity index (χ0n) is 16.5. The Balaban J connectivity index is 1.46. The number of hydrogen-bond acceptors (Lipinski definition) is 5. The Morgan fingerprint density at radius 1 is 1.12 bits per heavy atom. The van der Waals surface area contributed by atoms with E-state index in [4.69, 9.17) is 9.31 Å². The molecule has 3 saturated heterocycles. The molecule has 5 nitrogen and oxygen atoms in total. The van der Waals surface area contributed by atoms with Crippen molar-refractivity contribution in [2.45, 2.75) is 76.7 Å². The quantitative estimate of drug-likeness (QED) is 0.615. The third-order valence-electron chi connectivity index (χ3n) is 7.03. The number of rotatable bonds is 3. The number of carbonyl (C=O) groups is 1. The number of nitrogens with zero attached hydrogens (tertiary/aromatic N) is 2. The van der Waals surface area contributed by atoms with Gasteiger partial charge in [0, 0.05) is 29.7 Å². The molecule has 1 aromatic rings. The molecule has 0 radical (unpaired) electrons. The molecule has 3 aliphatic rings. The second-order valence-corrected chi connectivity index (χ2v) is 9.15. The molecule has 0 spiro atoms. The summed E-state index contributed by atoms with van der Waals surface area (Å²) in [6.07, 6.45) is 6.11. The average Bonchev–Trinajstić information content (AvgIpc) is 2.92. The maximum atomic E-state index is 12.9. The molecule has 3 aliphatic heterocycles. The van der Waals surface area contributed by atoms with Gasteiger partial charge in [-0.05, 0) is 66.5 Å². The van der Waals surface area contributed by atoms with E-state index < -0.39 is 7.12 Å². The van der Waals surface area contributed by atoms with E-state index in [-0.39, 0.29) is 22.9 Å². The summed E-state index contributed by atoms with van der Waals surface area (Å²) < 4.78 is 12.1. The fourth-order valence-corrected chi connectivity index (χ4v) is 4.50. The van der Waals surface area contributed by atoms with Gasteiger partial charge in [0.05, 0.1) is 11.2 Å². The number of Topliss-reactive ketones (excluding diaryl/α,β-unsaturated/α-hetero) is 1. The van der Waals surface area contributed by atoms with E-state index in [1.165, 1.54) is 12.8 Å². The van der Waals surface area contributed by atoms with Crippen LogP contribution in [-0.2, 0) is 9.31 Å². The summed E-state index contributed by atoms with van der Waals surface area (Å²) in [4.78, 5) is 19.8. The van der Waals surface area contributed by atoms with Gasteiger partial charge in [-0.25, -0.2) is 0 Å². The number of carbonyl (C=O) groups excluding carboxylic acids is 1. The minimum atomic E-state index is -0.434. The fraction of sp³-hybridized carbons (Fsp3) is 0.700. The van der Waals surface area contributed by atoms with Crippen molar-refractivity contribution in [2.24, 2.45) is 5.92 Å². The van der Waals surface area contributed by atoms with Gasteiger partial charge < -0.3 is 14.2 Å². The number of piperidine rings is 1. The van der Waals surface area contributed by atoms with Crippen LogP contribution >= 0.6 is 0 Å². The molecule has 0 aromatic carbocycles. The normalized spacial score (nSPS) is 32.8. The number of fused-ring (bicyclic) bond motifs is 2. The maximum absolute atomic E-state index is 12.9. The van der Waals surface area contributed by atoms with Crippen LogP contribution < -0.4 is 5.46 Å². The zero-order chi connectivity index (χ0) is 18.7. The molecule has 4 rings (SSSR count). The van der Waals surface area contributed by atoms with Crippen LogP contribution in [0.4, 0.5) is 0 Å². The highest BCUT2D eigenvalue weighted by atomic mass is 16.7. The topological polar surface area (TPSA) is 51.7 Å². The minimum absolute atomic E-state index is 0.110. The van der Waals surface area contributed by atoms with Crippen LogP contribution in [0.3, 0.4) is 0 Å². The fourth-order valence-electron chi connectivity index (χ4n) is 4.50. The first-order valence-corrected chi connectivity index (χ1v) is 9.76. The molecule has 0 N–H and O–H groups in total. The second kappa shape index (κ2) is 6.15. The highest BCUT2D eigenvalue weighted by Crippen LogP contribution is 2.39. The summed E-state index contributed by atoms with van der Waals surface area (Å²) in [7, 11) is 1.76. The Labute approximate surface area is 156 Å². The van der Waals surface area contributed by atoms with E-state index in [0.717, 1.165) is 18.3 Å². The van der Waals surface area contributed by atoms with Crippen LogP contribution in [0.15, 0.2) is 18.3 Å². The Kier molecular flexibility index (Phi) is 4.29. The Bertz CT molecular complexity index is 674. The van der Waals surface area contributed by atoms with E-state index in [2.05, 4.69) is 16.9 Å². The lowest BCUT2D eigenvalue weighted by molar-refractivity contribution is 0.00578. The molecule has 0 amide bonds. The highest BCUT2D eigenvalue weighted by Gasteiger charge is 2.51.